The fraction of sp³-hybridized carbons (Fsp3) is 0.273. The highest BCUT2D eigenvalue weighted by atomic mass is 35.5. The Hall–Kier alpha value is -2.79. The third kappa shape index (κ3) is 4.04. The van der Waals surface area contributed by atoms with Gasteiger partial charge in [0.25, 0.3) is 0 Å². The number of nitrogens with zero attached hydrogens (tertiary/aromatic N) is 2. The van der Waals surface area contributed by atoms with Crippen molar-refractivity contribution >= 4 is 28.5 Å². The average molecular weight is 395 g/mol. The van der Waals surface area contributed by atoms with Crippen LogP contribution in [0.15, 0.2) is 59.9 Å². The van der Waals surface area contributed by atoms with Crippen molar-refractivity contribution in [3.8, 4) is 5.75 Å². The number of hydrogen-bond donors (Lipinski definition) is 2. The first-order valence-corrected chi connectivity index (χ1v) is 9.64. The van der Waals surface area contributed by atoms with Gasteiger partial charge >= 0.3 is 0 Å². The highest BCUT2D eigenvalue weighted by Gasteiger charge is 2.25. The molecule has 0 radical (unpaired) electrons. The van der Waals surface area contributed by atoms with Gasteiger partial charge in [-0.15, -0.1) is 0 Å². The lowest BCUT2D eigenvalue weighted by atomic mass is 9.82. The van der Waals surface area contributed by atoms with E-state index in [-0.39, 0.29) is 5.41 Å². The normalized spacial score (nSPS) is 18.9. The lowest BCUT2D eigenvalue weighted by molar-refractivity contribution is 0.413. The van der Waals surface area contributed by atoms with E-state index in [0.29, 0.717) is 0 Å². The molecule has 2 aromatic heterocycles. The number of rotatable bonds is 5. The number of ether oxygens (including phenoxy) is 1. The van der Waals surface area contributed by atoms with Crippen LogP contribution in [0.4, 0.5) is 0 Å². The first kappa shape index (κ1) is 18.6. The molecule has 0 aliphatic carbocycles. The minimum absolute atomic E-state index is 0.0380. The smallest absolute Gasteiger partial charge is 0.137 e. The first-order valence-electron chi connectivity index (χ1n) is 9.27. The number of amidine groups is 1. The molecular weight excluding hydrogens is 372 g/mol. The van der Waals surface area contributed by atoms with Crippen LogP contribution in [0.25, 0.3) is 11.0 Å². The van der Waals surface area contributed by atoms with Crippen LogP contribution in [0.5, 0.6) is 5.75 Å². The minimum Gasteiger partial charge on any atom is -0.495 e. The maximum atomic E-state index is 5.94. The Morgan fingerprint density at radius 3 is 2.82 bits per heavy atom. The zero-order valence-electron chi connectivity index (χ0n) is 16.0. The Kier molecular flexibility index (Phi) is 5.09. The molecule has 0 bridgehead atoms. The molecule has 28 heavy (non-hydrogen) atoms. The molecule has 1 unspecified atom stereocenters. The lowest BCUT2D eigenvalue weighted by Crippen LogP contribution is -2.30. The van der Waals surface area contributed by atoms with Gasteiger partial charge in [-0.1, -0.05) is 36.7 Å². The van der Waals surface area contributed by atoms with E-state index in [9.17, 15) is 0 Å². The van der Waals surface area contributed by atoms with E-state index in [1.54, 1.807) is 13.3 Å². The summed E-state index contributed by atoms with van der Waals surface area (Å²) in [5, 5.41) is 5.24. The van der Waals surface area contributed by atoms with E-state index in [2.05, 4.69) is 34.4 Å². The molecule has 0 saturated carbocycles. The van der Waals surface area contributed by atoms with Gasteiger partial charge in [0.15, 0.2) is 0 Å². The molecule has 2 N–H and O–H groups in total. The molecule has 0 fully saturated rings. The molecule has 0 amide bonds. The van der Waals surface area contributed by atoms with Crippen molar-refractivity contribution in [3.05, 3.63) is 71.0 Å². The summed E-state index contributed by atoms with van der Waals surface area (Å²) in [5.41, 5.74) is 3.24. The maximum absolute atomic E-state index is 5.94. The summed E-state index contributed by atoms with van der Waals surface area (Å²) in [7, 11) is 1.66. The first-order chi connectivity index (χ1) is 13.5. The van der Waals surface area contributed by atoms with E-state index in [1.807, 2.05) is 36.5 Å². The number of aromatic nitrogens is 2. The lowest BCUT2D eigenvalue weighted by Gasteiger charge is -2.27. The van der Waals surface area contributed by atoms with Crippen molar-refractivity contribution in [2.45, 2.75) is 19.9 Å². The predicted molar refractivity (Wildman–Crippen MR) is 114 cm³/mol. The van der Waals surface area contributed by atoms with Crippen LogP contribution in [0.3, 0.4) is 0 Å². The summed E-state index contributed by atoms with van der Waals surface area (Å²) in [6.45, 7) is 3.69. The Bertz CT molecular complexity index is 1040. The van der Waals surface area contributed by atoms with E-state index in [0.717, 1.165) is 47.2 Å². The molecule has 1 aliphatic rings. The second kappa shape index (κ2) is 7.68. The largest absolute Gasteiger partial charge is 0.495 e. The summed E-state index contributed by atoms with van der Waals surface area (Å²) >= 11 is 5.94. The summed E-state index contributed by atoms with van der Waals surface area (Å²) in [6.07, 6.45) is 8.97. The van der Waals surface area contributed by atoms with Gasteiger partial charge in [-0.3, -0.25) is 4.99 Å². The van der Waals surface area contributed by atoms with Crippen LogP contribution in [0, 0.1) is 5.41 Å². The topological polar surface area (TPSA) is 62.3 Å². The summed E-state index contributed by atoms with van der Waals surface area (Å²) in [4.78, 5) is 12.4. The molecule has 6 heteroatoms. The molecule has 3 aromatic rings. The van der Waals surface area contributed by atoms with Gasteiger partial charge in [-0.25, -0.2) is 4.98 Å². The molecule has 3 heterocycles. The Morgan fingerprint density at radius 2 is 2.11 bits per heavy atom. The standard InChI is InChI=1S/C22H23ClN4O/c1-22(10-16-12-25-21-19(16)9-18(28-2)13-26-21)8-7-20(27-14-22)24-11-15-3-5-17(23)6-4-15/h3-9,12-13H,10-11,14H2,1-2H3,(H,24,27)(H,25,26). The number of H-pyrrole nitrogens is 1. The van der Waals surface area contributed by atoms with Crippen LogP contribution < -0.4 is 10.1 Å². The molecule has 4 rings (SSSR count). The zero-order valence-corrected chi connectivity index (χ0v) is 16.8. The monoisotopic (exact) mass is 394 g/mol. The van der Waals surface area contributed by atoms with Crippen molar-refractivity contribution in [2.75, 3.05) is 13.7 Å². The van der Waals surface area contributed by atoms with Crippen LogP contribution in [0.1, 0.15) is 18.1 Å². The van der Waals surface area contributed by atoms with E-state index in [4.69, 9.17) is 21.3 Å². The van der Waals surface area contributed by atoms with Crippen molar-refractivity contribution in [1.29, 1.82) is 0 Å². The summed E-state index contributed by atoms with van der Waals surface area (Å²) < 4.78 is 5.32. The fourth-order valence-corrected chi connectivity index (χ4v) is 3.53. The maximum Gasteiger partial charge on any atom is 0.137 e. The van der Waals surface area contributed by atoms with Crippen molar-refractivity contribution in [1.82, 2.24) is 15.3 Å². The van der Waals surface area contributed by atoms with Gasteiger partial charge in [-0.05, 0) is 41.8 Å². The average Bonchev–Trinajstić information content (AvgIpc) is 3.10. The van der Waals surface area contributed by atoms with E-state index >= 15 is 0 Å². The molecule has 1 aromatic carbocycles. The van der Waals surface area contributed by atoms with Gasteiger partial charge in [0, 0.05) is 28.6 Å². The highest BCUT2D eigenvalue weighted by Crippen LogP contribution is 2.31. The van der Waals surface area contributed by atoms with Crippen LogP contribution >= 0.6 is 11.6 Å². The minimum atomic E-state index is -0.0380. The van der Waals surface area contributed by atoms with Gasteiger partial charge in [0.2, 0.25) is 0 Å². The molecule has 5 nitrogen and oxygen atoms in total. The SMILES string of the molecule is COc1cnc2[nH]cc(CC3(C)C=CC(NCc4ccc(Cl)cc4)=NC3)c2c1. The number of nitrogens with one attached hydrogen (secondary N) is 2. The third-order valence-corrected chi connectivity index (χ3v) is 5.31. The molecular formula is C22H23ClN4O. The summed E-state index contributed by atoms with van der Waals surface area (Å²) in [5.74, 6) is 1.68. The van der Waals surface area contributed by atoms with Crippen molar-refractivity contribution < 1.29 is 4.74 Å². The molecule has 0 saturated heterocycles. The number of pyridine rings is 1. The third-order valence-electron chi connectivity index (χ3n) is 5.06. The number of fused-ring (bicyclic) bond motifs is 1. The second-order valence-corrected chi connectivity index (χ2v) is 7.87. The van der Waals surface area contributed by atoms with Gasteiger partial charge in [0.1, 0.15) is 17.2 Å². The van der Waals surface area contributed by atoms with Crippen molar-refractivity contribution in [2.24, 2.45) is 10.4 Å². The number of aliphatic imine (C=N–C) groups is 1. The summed E-state index contributed by atoms with van der Waals surface area (Å²) in [6, 6.07) is 9.88. The van der Waals surface area contributed by atoms with E-state index < -0.39 is 0 Å². The highest BCUT2D eigenvalue weighted by molar-refractivity contribution is 6.30. The Labute approximate surface area is 169 Å². The van der Waals surface area contributed by atoms with Gasteiger partial charge < -0.3 is 15.0 Å². The molecule has 1 atom stereocenters. The number of benzene rings is 1. The van der Waals surface area contributed by atoms with Crippen LogP contribution in [-0.2, 0) is 13.0 Å². The molecule has 144 valence electrons. The van der Waals surface area contributed by atoms with E-state index in [1.165, 1.54) is 11.1 Å². The molecule has 0 spiro atoms. The number of hydrogen-bond acceptors (Lipinski definition) is 4. The Balaban J connectivity index is 1.42. The number of methoxy groups -OCH3 is 1. The molecule has 1 aliphatic heterocycles. The van der Waals surface area contributed by atoms with Crippen LogP contribution in [0.2, 0.25) is 5.02 Å². The quantitative estimate of drug-likeness (QED) is 0.668. The van der Waals surface area contributed by atoms with Gasteiger partial charge in [-0.2, -0.15) is 0 Å². The zero-order chi connectivity index (χ0) is 19.6. The van der Waals surface area contributed by atoms with Gasteiger partial charge in [0.05, 0.1) is 19.9 Å². The number of dihydropyridines is 1. The van der Waals surface area contributed by atoms with Crippen molar-refractivity contribution in [3.63, 3.8) is 0 Å². The number of aromatic amines is 1. The van der Waals surface area contributed by atoms with Crippen LogP contribution in [-0.4, -0.2) is 29.5 Å². The fourth-order valence-electron chi connectivity index (χ4n) is 3.41. The Morgan fingerprint density at radius 1 is 1.29 bits per heavy atom. The number of halogens is 1. The second-order valence-electron chi connectivity index (χ2n) is 7.43. The predicted octanol–water partition coefficient (Wildman–Crippen LogP) is 4.53.